The van der Waals surface area contributed by atoms with Gasteiger partial charge in [-0.25, -0.2) is 0 Å². The third-order valence-electron chi connectivity index (χ3n) is 3.34. The van der Waals surface area contributed by atoms with Gasteiger partial charge in [0.25, 0.3) is 0 Å². The molecular formula is C21H16F3NO3. The predicted octanol–water partition coefficient (Wildman–Crippen LogP) is 3.32. The first-order valence-corrected chi connectivity index (χ1v) is 8.19. The Balaban J connectivity index is 1.76. The molecule has 0 aliphatic carbocycles. The van der Waals surface area contributed by atoms with Gasteiger partial charge in [-0.2, -0.15) is 13.2 Å². The van der Waals surface area contributed by atoms with E-state index in [2.05, 4.69) is 11.8 Å². The third kappa shape index (κ3) is 7.38. The van der Waals surface area contributed by atoms with Gasteiger partial charge in [0.1, 0.15) is 13.2 Å². The summed E-state index contributed by atoms with van der Waals surface area (Å²) in [6.45, 7) is -0.975. The lowest BCUT2D eigenvalue weighted by Gasteiger charge is -2.07. The van der Waals surface area contributed by atoms with Crippen LogP contribution < -0.4 is 5.32 Å². The highest BCUT2D eigenvalue weighted by molar-refractivity contribution is 5.85. The van der Waals surface area contributed by atoms with E-state index in [1.165, 1.54) is 11.4 Å². The molecule has 0 saturated carbocycles. The van der Waals surface area contributed by atoms with Crippen LogP contribution in [0.15, 0.2) is 60.7 Å². The van der Waals surface area contributed by atoms with Gasteiger partial charge < -0.3 is 10.1 Å². The van der Waals surface area contributed by atoms with E-state index in [1.807, 2.05) is 54.6 Å². The third-order valence-corrected chi connectivity index (χ3v) is 3.34. The fourth-order valence-electron chi connectivity index (χ4n) is 1.97. The van der Waals surface area contributed by atoms with E-state index in [0.29, 0.717) is 0 Å². The maximum absolute atomic E-state index is 12.0. The number of hydrogen-bond donors (Lipinski definition) is 1. The minimum atomic E-state index is -5.03. The van der Waals surface area contributed by atoms with Crippen LogP contribution in [0.2, 0.25) is 0 Å². The van der Waals surface area contributed by atoms with Crippen molar-refractivity contribution in [3.63, 3.8) is 0 Å². The molecule has 1 N–H and O–H groups in total. The van der Waals surface area contributed by atoms with Gasteiger partial charge in [0.2, 0.25) is 0 Å². The first kappa shape index (κ1) is 20.8. The van der Waals surface area contributed by atoms with Crippen molar-refractivity contribution in [2.24, 2.45) is 0 Å². The van der Waals surface area contributed by atoms with Gasteiger partial charge in [-0.15, -0.1) is 0 Å². The molecule has 2 rings (SSSR count). The van der Waals surface area contributed by atoms with Gasteiger partial charge in [-0.05, 0) is 35.9 Å². The van der Waals surface area contributed by atoms with Gasteiger partial charge in [-0.1, -0.05) is 48.2 Å². The maximum atomic E-state index is 12.0. The molecule has 4 nitrogen and oxygen atoms in total. The van der Waals surface area contributed by atoms with Gasteiger partial charge in [0.15, 0.2) is 0 Å². The molecule has 0 heterocycles. The lowest BCUT2D eigenvalue weighted by atomic mass is 10.1. The minimum absolute atomic E-state index is 0.129. The Bertz CT molecular complexity index is 892. The number of esters is 1. The molecular weight excluding hydrogens is 371 g/mol. The maximum Gasteiger partial charge on any atom is 0.471 e. The van der Waals surface area contributed by atoms with Crippen molar-refractivity contribution in [3.05, 3.63) is 77.4 Å². The highest BCUT2D eigenvalue weighted by Gasteiger charge is 2.38. The molecule has 0 unspecified atom stereocenters. The fourth-order valence-corrected chi connectivity index (χ4v) is 1.97. The first-order chi connectivity index (χ1) is 13.3. The van der Waals surface area contributed by atoms with Gasteiger partial charge in [0, 0.05) is 11.1 Å². The second-order valence-corrected chi connectivity index (χ2v) is 5.50. The van der Waals surface area contributed by atoms with E-state index in [0.717, 1.165) is 16.7 Å². The van der Waals surface area contributed by atoms with Crippen LogP contribution in [-0.4, -0.2) is 31.2 Å². The molecule has 1 amide bonds. The molecule has 0 aliphatic heterocycles. The Morgan fingerprint density at radius 1 is 0.964 bits per heavy atom. The topological polar surface area (TPSA) is 55.4 Å². The molecule has 0 aliphatic rings. The van der Waals surface area contributed by atoms with E-state index < -0.39 is 24.6 Å². The molecule has 0 bridgehead atoms. The van der Waals surface area contributed by atoms with Crippen LogP contribution in [0.1, 0.15) is 16.7 Å². The molecule has 144 valence electrons. The predicted molar refractivity (Wildman–Crippen MR) is 97.9 cm³/mol. The smallest absolute Gasteiger partial charge is 0.460 e. The first-order valence-electron chi connectivity index (χ1n) is 8.19. The van der Waals surface area contributed by atoms with Crippen LogP contribution in [0.25, 0.3) is 6.08 Å². The Hall–Kier alpha value is -3.53. The van der Waals surface area contributed by atoms with Crippen LogP contribution in [0.3, 0.4) is 0 Å². The van der Waals surface area contributed by atoms with Gasteiger partial charge >= 0.3 is 18.1 Å². The van der Waals surface area contributed by atoms with Crippen LogP contribution in [0.5, 0.6) is 0 Å². The zero-order valence-corrected chi connectivity index (χ0v) is 14.6. The van der Waals surface area contributed by atoms with Gasteiger partial charge in [0.05, 0.1) is 0 Å². The Labute approximate surface area is 160 Å². The molecule has 0 aromatic heterocycles. The summed E-state index contributed by atoms with van der Waals surface area (Å²) in [5.41, 5.74) is 2.60. The number of ether oxygens (including phenoxy) is 1. The molecule has 2 aromatic carbocycles. The SMILES string of the molecule is O=C(CNC(=O)C(F)(F)F)OC/C=C/c1ccc(C#Cc2ccccc2)cc1. The number of amides is 1. The second kappa shape index (κ2) is 9.97. The Kier molecular flexibility index (Phi) is 7.40. The van der Waals surface area contributed by atoms with Crippen molar-refractivity contribution in [3.8, 4) is 11.8 Å². The Morgan fingerprint density at radius 3 is 2.18 bits per heavy atom. The zero-order valence-electron chi connectivity index (χ0n) is 14.6. The number of rotatable bonds is 5. The van der Waals surface area contributed by atoms with Crippen LogP contribution >= 0.6 is 0 Å². The number of alkyl halides is 3. The summed E-state index contributed by atoms with van der Waals surface area (Å²) in [6, 6.07) is 16.9. The highest BCUT2D eigenvalue weighted by Crippen LogP contribution is 2.13. The lowest BCUT2D eigenvalue weighted by molar-refractivity contribution is -0.174. The quantitative estimate of drug-likeness (QED) is 0.633. The van der Waals surface area contributed by atoms with E-state index in [1.54, 1.807) is 6.08 Å². The number of hydrogen-bond acceptors (Lipinski definition) is 3. The molecule has 0 atom stereocenters. The number of halogens is 3. The average molecular weight is 387 g/mol. The van der Waals surface area contributed by atoms with E-state index in [9.17, 15) is 22.8 Å². The number of nitrogens with one attached hydrogen (secondary N) is 1. The Morgan fingerprint density at radius 2 is 1.57 bits per heavy atom. The van der Waals surface area contributed by atoms with Crippen LogP contribution in [0.4, 0.5) is 13.2 Å². The normalized spacial score (nSPS) is 10.8. The summed E-state index contributed by atoms with van der Waals surface area (Å²) in [5, 5.41) is 1.44. The summed E-state index contributed by atoms with van der Waals surface area (Å²) in [4.78, 5) is 21.8. The van der Waals surface area contributed by atoms with Crippen molar-refractivity contribution in [1.29, 1.82) is 0 Å². The molecule has 28 heavy (non-hydrogen) atoms. The summed E-state index contributed by atoms with van der Waals surface area (Å²) in [5.74, 6) is 2.95. The van der Waals surface area contributed by atoms with E-state index in [-0.39, 0.29) is 6.61 Å². The summed E-state index contributed by atoms with van der Waals surface area (Å²) < 4.78 is 40.6. The molecule has 0 spiro atoms. The van der Waals surface area contributed by atoms with E-state index in [4.69, 9.17) is 4.74 Å². The van der Waals surface area contributed by atoms with E-state index >= 15 is 0 Å². The molecule has 7 heteroatoms. The van der Waals surface area contributed by atoms with Gasteiger partial charge in [-0.3, -0.25) is 9.59 Å². The lowest BCUT2D eigenvalue weighted by Crippen LogP contribution is -2.40. The number of carbonyl (C=O) groups is 2. The summed E-state index contributed by atoms with van der Waals surface area (Å²) in [7, 11) is 0. The summed E-state index contributed by atoms with van der Waals surface area (Å²) >= 11 is 0. The van der Waals surface area contributed by atoms with Crippen molar-refractivity contribution < 1.29 is 27.5 Å². The molecule has 2 aromatic rings. The van der Waals surface area contributed by atoms with Crippen molar-refractivity contribution >= 4 is 18.0 Å². The molecule has 0 saturated heterocycles. The average Bonchev–Trinajstić information content (AvgIpc) is 2.68. The van der Waals surface area contributed by atoms with Crippen molar-refractivity contribution in [2.75, 3.05) is 13.2 Å². The van der Waals surface area contributed by atoms with Crippen LogP contribution in [0, 0.1) is 11.8 Å². The van der Waals surface area contributed by atoms with Crippen molar-refractivity contribution in [1.82, 2.24) is 5.32 Å². The standard InChI is InChI=1S/C21H16F3NO3/c22-21(23,24)20(27)25-15-19(26)28-14-4-7-17-9-12-18(13-10-17)11-8-16-5-2-1-3-6-16/h1-7,9-10,12-13H,14-15H2,(H,25,27)/b7-4+. The number of benzene rings is 2. The van der Waals surface area contributed by atoms with Crippen molar-refractivity contribution in [2.45, 2.75) is 6.18 Å². The molecule has 0 radical (unpaired) electrons. The number of carbonyl (C=O) groups excluding carboxylic acids is 2. The summed E-state index contributed by atoms with van der Waals surface area (Å²) in [6.07, 6.45) is -1.80. The molecule has 0 fully saturated rings. The largest absolute Gasteiger partial charge is 0.471 e. The monoisotopic (exact) mass is 387 g/mol. The fraction of sp³-hybridized carbons (Fsp3) is 0.143. The highest BCUT2D eigenvalue weighted by atomic mass is 19.4. The second-order valence-electron chi connectivity index (χ2n) is 5.50. The zero-order chi connectivity index (χ0) is 20.4. The minimum Gasteiger partial charge on any atom is -0.460 e. The van der Waals surface area contributed by atoms with Crippen LogP contribution in [-0.2, 0) is 14.3 Å².